The van der Waals surface area contributed by atoms with E-state index < -0.39 is 5.54 Å². The number of unbranched alkanes of at least 4 members (excludes halogenated alkanes) is 2. The minimum Gasteiger partial charge on any atom is -0.468 e. The summed E-state index contributed by atoms with van der Waals surface area (Å²) in [6.07, 6.45) is 7.64. The van der Waals surface area contributed by atoms with Crippen molar-refractivity contribution in [2.45, 2.75) is 77.3 Å². The molecule has 0 spiro atoms. The molecule has 0 aromatic rings. The first kappa shape index (κ1) is 18.4. The zero-order chi connectivity index (χ0) is 15.9. The van der Waals surface area contributed by atoms with Gasteiger partial charge in [-0.05, 0) is 58.5 Å². The molecule has 4 heteroatoms. The maximum Gasteiger partial charge on any atom is 0.326 e. The summed E-state index contributed by atoms with van der Waals surface area (Å²) in [4.78, 5) is 14.5. The lowest BCUT2D eigenvalue weighted by Crippen LogP contribution is -2.52. The molecule has 0 radical (unpaired) electrons. The Bertz CT molecular complexity index is 320. The summed E-state index contributed by atoms with van der Waals surface area (Å²) in [5, 5.41) is 0. The Balaban J connectivity index is 2.52. The van der Waals surface area contributed by atoms with Crippen LogP contribution in [0, 0.1) is 5.92 Å². The maximum atomic E-state index is 12.0. The van der Waals surface area contributed by atoms with Gasteiger partial charge in [0.25, 0.3) is 0 Å². The van der Waals surface area contributed by atoms with Gasteiger partial charge in [-0.15, -0.1) is 0 Å². The zero-order valence-corrected chi connectivity index (χ0v) is 14.4. The molecule has 2 atom stereocenters. The van der Waals surface area contributed by atoms with Crippen molar-refractivity contribution in [2.75, 3.05) is 20.2 Å². The van der Waals surface area contributed by atoms with Crippen LogP contribution in [0.5, 0.6) is 0 Å². The summed E-state index contributed by atoms with van der Waals surface area (Å²) in [5.41, 5.74) is 5.60. The van der Waals surface area contributed by atoms with Crippen molar-refractivity contribution in [1.82, 2.24) is 4.90 Å². The number of esters is 1. The van der Waals surface area contributed by atoms with E-state index in [9.17, 15) is 4.79 Å². The molecule has 1 aliphatic rings. The van der Waals surface area contributed by atoms with Gasteiger partial charge in [0, 0.05) is 6.04 Å². The van der Waals surface area contributed by atoms with E-state index in [2.05, 4.69) is 25.7 Å². The second-order valence-corrected chi connectivity index (χ2v) is 6.75. The van der Waals surface area contributed by atoms with E-state index in [1.165, 1.54) is 26.4 Å². The molecule has 0 aromatic carbocycles. The molecule has 0 bridgehead atoms. The molecular weight excluding hydrogens is 264 g/mol. The monoisotopic (exact) mass is 298 g/mol. The van der Waals surface area contributed by atoms with E-state index in [4.69, 9.17) is 10.5 Å². The number of nitrogens with zero attached hydrogens (tertiary/aromatic N) is 1. The van der Waals surface area contributed by atoms with E-state index in [1.54, 1.807) is 0 Å². The Morgan fingerprint density at radius 2 is 2.10 bits per heavy atom. The number of nitrogens with two attached hydrogens (primary N) is 1. The lowest BCUT2D eigenvalue weighted by Gasteiger charge is -2.32. The highest BCUT2D eigenvalue weighted by atomic mass is 16.5. The van der Waals surface area contributed by atoms with Crippen molar-refractivity contribution in [3.8, 4) is 0 Å². The van der Waals surface area contributed by atoms with Gasteiger partial charge < -0.3 is 15.4 Å². The fourth-order valence-corrected chi connectivity index (χ4v) is 3.48. The molecule has 124 valence electrons. The highest BCUT2D eigenvalue weighted by Gasteiger charge is 2.46. The Hall–Kier alpha value is -0.610. The number of hydrogen-bond donors (Lipinski definition) is 1. The second kappa shape index (κ2) is 8.74. The first-order chi connectivity index (χ1) is 9.95. The van der Waals surface area contributed by atoms with Crippen LogP contribution in [-0.2, 0) is 9.53 Å². The number of hydrogen-bond acceptors (Lipinski definition) is 4. The van der Waals surface area contributed by atoms with Gasteiger partial charge in [0.2, 0.25) is 0 Å². The summed E-state index contributed by atoms with van der Waals surface area (Å²) in [6, 6.07) is 0.550. The molecule has 0 aliphatic heterocycles. The van der Waals surface area contributed by atoms with Crippen LogP contribution < -0.4 is 5.73 Å². The first-order valence-corrected chi connectivity index (χ1v) is 8.57. The van der Waals surface area contributed by atoms with Gasteiger partial charge >= 0.3 is 5.97 Å². The highest BCUT2D eigenvalue weighted by molar-refractivity contribution is 5.81. The summed E-state index contributed by atoms with van der Waals surface area (Å²) >= 11 is 0. The molecule has 21 heavy (non-hydrogen) atoms. The van der Waals surface area contributed by atoms with E-state index >= 15 is 0 Å². The Morgan fingerprint density at radius 3 is 2.67 bits per heavy atom. The molecule has 1 saturated carbocycles. The van der Waals surface area contributed by atoms with E-state index in [0.717, 1.165) is 38.8 Å². The molecule has 0 heterocycles. The summed E-state index contributed by atoms with van der Waals surface area (Å²) in [5.74, 6) is 0.0319. The topological polar surface area (TPSA) is 55.6 Å². The summed E-state index contributed by atoms with van der Waals surface area (Å²) in [6.45, 7) is 8.90. The second-order valence-electron chi connectivity index (χ2n) is 6.75. The average molecular weight is 298 g/mol. The van der Waals surface area contributed by atoms with Gasteiger partial charge in [-0.1, -0.05) is 26.2 Å². The van der Waals surface area contributed by atoms with Crippen LogP contribution in [0.4, 0.5) is 0 Å². The molecule has 1 rings (SSSR count). The average Bonchev–Trinajstić information content (AvgIpc) is 2.83. The van der Waals surface area contributed by atoms with Crippen LogP contribution in [0.25, 0.3) is 0 Å². The SMILES string of the molecule is CCCCCN(CCC1CCCC1(N)C(=O)OC)C(C)C. The molecule has 1 fully saturated rings. The van der Waals surface area contributed by atoms with Crippen LogP contribution in [0.2, 0.25) is 0 Å². The molecule has 2 unspecified atom stereocenters. The van der Waals surface area contributed by atoms with Gasteiger partial charge in [0.15, 0.2) is 0 Å². The van der Waals surface area contributed by atoms with Crippen molar-refractivity contribution < 1.29 is 9.53 Å². The van der Waals surface area contributed by atoms with Crippen LogP contribution in [0.3, 0.4) is 0 Å². The van der Waals surface area contributed by atoms with Gasteiger partial charge in [0.1, 0.15) is 5.54 Å². The number of methoxy groups -OCH3 is 1. The van der Waals surface area contributed by atoms with Crippen molar-refractivity contribution in [2.24, 2.45) is 11.7 Å². The smallest absolute Gasteiger partial charge is 0.326 e. The molecule has 0 amide bonds. The largest absolute Gasteiger partial charge is 0.468 e. The van der Waals surface area contributed by atoms with E-state index in [0.29, 0.717) is 6.04 Å². The Labute approximate surface area is 130 Å². The normalized spacial score (nSPS) is 25.8. The predicted molar refractivity (Wildman–Crippen MR) is 87.1 cm³/mol. The highest BCUT2D eigenvalue weighted by Crippen LogP contribution is 2.37. The summed E-state index contributed by atoms with van der Waals surface area (Å²) < 4.78 is 4.92. The Morgan fingerprint density at radius 1 is 1.38 bits per heavy atom. The molecule has 2 N–H and O–H groups in total. The number of carbonyl (C=O) groups excluding carboxylic acids is 1. The van der Waals surface area contributed by atoms with Crippen LogP contribution in [0.15, 0.2) is 0 Å². The third-order valence-corrected chi connectivity index (χ3v) is 4.98. The van der Waals surface area contributed by atoms with Gasteiger partial charge in [0.05, 0.1) is 7.11 Å². The summed E-state index contributed by atoms with van der Waals surface area (Å²) in [7, 11) is 1.44. The first-order valence-electron chi connectivity index (χ1n) is 8.57. The van der Waals surface area contributed by atoms with Gasteiger partial charge in [-0.3, -0.25) is 4.79 Å². The van der Waals surface area contributed by atoms with Crippen LogP contribution in [-0.4, -0.2) is 42.6 Å². The fourth-order valence-electron chi connectivity index (χ4n) is 3.48. The Kier molecular flexibility index (Phi) is 7.67. The van der Waals surface area contributed by atoms with Crippen molar-refractivity contribution in [1.29, 1.82) is 0 Å². The van der Waals surface area contributed by atoms with E-state index in [-0.39, 0.29) is 11.9 Å². The lowest BCUT2D eigenvalue weighted by molar-refractivity contribution is -0.148. The molecule has 0 saturated heterocycles. The quantitative estimate of drug-likeness (QED) is 0.525. The van der Waals surface area contributed by atoms with E-state index in [1.807, 2.05) is 0 Å². The molecule has 0 aromatic heterocycles. The van der Waals surface area contributed by atoms with Crippen LogP contribution in [0.1, 0.15) is 65.7 Å². The third kappa shape index (κ3) is 4.96. The van der Waals surface area contributed by atoms with Gasteiger partial charge in [-0.2, -0.15) is 0 Å². The number of carbonyl (C=O) groups is 1. The number of rotatable bonds is 9. The van der Waals surface area contributed by atoms with Crippen molar-refractivity contribution in [3.63, 3.8) is 0 Å². The van der Waals surface area contributed by atoms with Crippen molar-refractivity contribution >= 4 is 5.97 Å². The zero-order valence-electron chi connectivity index (χ0n) is 14.4. The third-order valence-electron chi connectivity index (χ3n) is 4.98. The minimum absolute atomic E-state index is 0.230. The maximum absolute atomic E-state index is 12.0. The number of ether oxygens (including phenoxy) is 1. The van der Waals surface area contributed by atoms with Gasteiger partial charge in [-0.25, -0.2) is 0 Å². The fraction of sp³-hybridized carbons (Fsp3) is 0.941. The molecule has 1 aliphatic carbocycles. The molecular formula is C17H34N2O2. The lowest BCUT2D eigenvalue weighted by atomic mass is 9.85. The van der Waals surface area contributed by atoms with Crippen LogP contribution >= 0.6 is 0 Å². The van der Waals surface area contributed by atoms with Crippen molar-refractivity contribution in [3.05, 3.63) is 0 Å². The predicted octanol–water partition coefficient (Wildman–Crippen LogP) is 2.95. The standard InChI is InChI=1S/C17H34N2O2/c1-5-6-7-12-19(14(2)3)13-10-15-9-8-11-17(15,18)16(20)21-4/h14-15H,5-13,18H2,1-4H3. The molecule has 4 nitrogen and oxygen atoms in total. The minimum atomic E-state index is -0.749.